The molecule has 0 spiro atoms. The smallest absolute Gasteiger partial charge is 0.306 e. The van der Waals surface area contributed by atoms with Crippen molar-refractivity contribution in [3.63, 3.8) is 0 Å². The van der Waals surface area contributed by atoms with Crippen LogP contribution in [-0.4, -0.2) is 89.0 Å². The van der Waals surface area contributed by atoms with Gasteiger partial charge in [0.25, 0.3) is 0 Å². The average molecular weight is 941 g/mol. The van der Waals surface area contributed by atoms with Crippen molar-refractivity contribution >= 4 is 11.9 Å². The van der Waals surface area contributed by atoms with Crippen LogP contribution in [0.5, 0.6) is 0 Å². The minimum absolute atomic E-state index is 0.208. The van der Waals surface area contributed by atoms with Gasteiger partial charge in [-0.2, -0.15) is 0 Å². The number of hydrogen-bond donors (Lipinski definition) is 4. The van der Waals surface area contributed by atoms with Gasteiger partial charge in [0.05, 0.1) is 13.2 Å². The standard InChI is InChI=1S/C56H108O10/c1-3-5-7-9-11-13-15-17-19-21-22-23-24-25-26-27-29-31-33-35-37-39-41-43-45-52(59)65-49(48-64-56-55(62)54(61)53(60)50(46-57)66-56)47-63-51(58)44-42-40-38-36-34-32-30-28-20-18-16-14-12-10-8-6-4-2/h49-50,53-57,60-62H,3-48H2,1-2H3. The van der Waals surface area contributed by atoms with Gasteiger partial charge in [-0.15, -0.1) is 0 Å². The lowest BCUT2D eigenvalue weighted by atomic mass is 9.99. The Balaban J connectivity index is 2.18. The molecule has 1 heterocycles. The Morgan fingerprint density at radius 1 is 0.409 bits per heavy atom. The van der Waals surface area contributed by atoms with Crippen LogP contribution in [0.2, 0.25) is 0 Å². The number of hydrogen-bond acceptors (Lipinski definition) is 10. The maximum Gasteiger partial charge on any atom is 0.306 e. The van der Waals surface area contributed by atoms with Gasteiger partial charge in [0.2, 0.25) is 0 Å². The van der Waals surface area contributed by atoms with Gasteiger partial charge < -0.3 is 39.4 Å². The predicted molar refractivity (Wildman–Crippen MR) is 270 cm³/mol. The largest absolute Gasteiger partial charge is 0.462 e. The fourth-order valence-electron chi connectivity index (χ4n) is 9.25. The highest BCUT2D eigenvalue weighted by atomic mass is 16.7. The molecular formula is C56H108O10. The lowest BCUT2D eigenvalue weighted by Crippen LogP contribution is -2.59. The summed E-state index contributed by atoms with van der Waals surface area (Å²) in [6.45, 7) is 3.50. The van der Waals surface area contributed by atoms with Gasteiger partial charge in [-0.1, -0.05) is 264 Å². The molecule has 1 saturated heterocycles. The van der Waals surface area contributed by atoms with E-state index in [9.17, 15) is 30.0 Å². The van der Waals surface area contributed by atoms with E-state index in [1.54, 1.807) is 0 Å². The number of unbranched alkanes of at least 4 members (excludes halogenated alkanes) is 39. The third-order valence-electron chi connectivity index (χ3n) is 13.7. The summed E-state index contributed by atoms with van der Waals surface area (Å²) in [5, 5.41) is 40.3. The van der Waals surface area contributed by atoms with Gasteiger partial charge in [0, 0.05) is 12.8 Å². The number of aliphatic hydroxyl groups is 4. The van der Waals surface area contributed by atoms with E-state index in [2.05, 4.69) is 13.8 Å². The van der Waals surface area contributed by atoms with Crippen molar-refractivity contribution in [2.45, 2.75) is 327 Å². The van der Waals surface area contributed by atoms with Crippen LogP contribution in [0.15, 0.2) is 0 Å². The molecule has 1 aliphatic rings. The van der Waals surface area contributed by atoms with Crippen LogP contribution >= 0.6 is 0 Å². The quantitative estimate of drug-likeness (QED) is 0.0343. The first-order valence-corrected chi connectivity index (χ1v) is 28.6. The summed E-state index contributed by atoms with van der Waals surface area (Å²) in [6, 6.07) is 0. The second-order valence-corrected chi connectivity index (χ2v) is 20.1. The zero-order valence-electron chi connectivity index (χ0n) is 43.2. The number of ether oxygens (including phenoxy) is 4. The summed E-state index contributed by atoms with van der Waals surface area (Å²) >= 11 is 0. The van der Waals surface area contributed by atoms with E-state index in [4.69, 9.17) is 18.9 Å². The number of esters is 2. The van der Waals surface area contributed by atoms with E-state index in [-0.39, 0.29) is 32.0 Å². The van der Waals surface area contributed by atoms with Crippen molar-refractivity contribution in [3.8, 4) is 0 Å². The molecule has 0 amide bonds. The Morgan fingerprint density at radius 2 is 0.712 bits per heavy atom. The molecule has 392 valence electrons. The molecule has 0 bridgehead atoms. The summed E-state index contributed by atoms with van der Waals surface area (Å²) in [7, 11) is 0. The van der Waals surface area contributed by atoms with E-state index >= 15 is 0 Å². The first kappa shape index (κ1) is 62.7. The molecule has 1 rings (SSSR count). The molecule has 1 aliphatic heterocycles. The zero-order chi connectivity index (χ0) is 48.0. The van der Waals surface area contributed by atoms with Gasteiger partial charge in [-0.3, -0.25) is 9.59 Å². The Morgan fingerprint density at radius 3 is 1.03 bits per heavy atom. The first-order chi connectivity index (χ1) is 32.3. The van der Waals surface area contributed by atoms with E-state index < -0.39 is 49.4 Å². The van der Waals surface area contributed by atoms with Crippen molar-refractivity contribution in [1.82, 2.24) is 0 Å². The maximum absolute atomic E-state index is 12.9. The lowest BCUT2D eigenvalue weighted by molar-refractivity contribution is -0.305. The molecule has 0 aromatic rings. The molecule has 0 aromatic carbocycles. The Kier molecular flexibility index (Phi) is 45.0. The molecule has 0 radical (unpaired) electrons. The SMILES string of the molecule is CCCCCCCCCCCCCCCCCCCCCCCCCCC(=O)OC(COC(=O)CCCCCCCCCCCCCCCCCCC)COC1OC(CO)C(O)C(O)C1O. The predicted octanol–water partition coefficient (Wildman–Crippen LogP) is 14.1. The van der Waals surface area contributed by atoms with Crippen LogP contribution in [0.1, 0.15) is 290 Å². The van der Waals surface area contributed by atoms with Crippen LogP contribution in [0.4, 0.5) is 0 Å². The van der Waals surface area contributed by atoms with Crippen LogP contribution in [0.3, 0.4) is 0 Å². The Labute approximate surface area is 406 Å². The van der Waals surface area contributed by atoms with Gasteiger partial charge in [0.1, 0.15) is 31.0 Å². The molecule has 0 aliphatic carbocycles. The van der Waals surface area contributed by atoms with Gasteiger partial charge >= 0.3 is 11.9 Å². The lowest BCUT2D eigenvalue weighted by Gasteiger charge is -2.39. The summed E-state index contributed by atoms with van der Waals surface area (Å²) < 4.78 is 22.3. The molecular weight excluding hydrogens is 833 g/mol. The van der Waals surface area contributed by atoms with Gasteiger partial charge in [-0.25, -0.2) is 0 Å². The number of carbonyl (C=O) groups excluding carboxylic acids is 2. The fourth-order valence-corrected chi connectivity index (χ4v) is 9.25. The van der Waals surface area contributed by atoms with E-state index in [0.717, 1.165) is 32.1 Å². The molecule has 0 aromatic heterocycles. The van der Waals surface area contributed by atoms with Crippen molar-refractivity contribution in [1.29, 1.82) is 0 Å². The van der Waals surface area contributed by atoms with Crippen LogP contribution in [0, 0.1) is 0 Å². The highest BCUT2D eigenvalue weighted by molar-refractivity contribution is 5.70. The monoisotopic (exact) mass is 941 g/mol. The van der Waals surface area contributed by atoms with E-state index in [1.165, 1.54) is 225 Å². The fraction of sp³-hybridized carbons (Fsp3) is 0.964. The third-order valence-corrected chi connectivity index (χ3v) is 13.7. The Hall–Kier alpha value is -1.30. The van der Waals surface area contributed by atoms with Crippen LogP contribution < -0.4 is 0 Å². The highest BCUT2D eigenvalue weighted by Crippen LogP contribution is 2.23. The van der Waals surface area contributed by atoms with E-state index in [1.807, 2.05) is 0 Å². The van der Waals surface area contributed by atoms with Crippen LogP contribution in [-0.2, 0) is 28.5 Å². The number of carbonyl (C=O) groups is 2. The second kappa shape index (κ2) is 47.4. The Bertz CT molecular complexity index is 1040. The molecule has 10 heteroatoms. The topological polar surface area (TPSA) is 152 Å². The van der Waals surface area contributed by atoms with Crippen molar-refractivity contribution < 1.29 is 49.0 Å². The van der Waals surface area contributed by atoms with Crippen LogP contribution in [0.25, 0.3) is 0 Å². The minimum Gasteiger partial charge on any atom is -0.462 e. The molecule has 1 fully saturated rings. The average Bonchev–Trinajstić information content (AvgIpc) is 3.32. The van der Waals surface area contributed by atoms with Crippen molar-refractivity contribution in [3.05, 3.63) is 0 Å². The molecule has 10 nitrogen and oxygen atoms in total. The summed E-state index contributed by atoms with van der Waals surface area (Å²) in [5.74, 6) is -0.782. The van der Waals surface area contributed by atoms with Gasteiger partial charge in [0.15, 0.2) is 12.4 Å². The highest BCUT2D eigenvalue weighted by Gasteiger charge is 2.44. The first-order valence-electron chi connectivity index (χ1n) is 28.6. The number of rotatable bonds is 50. The summed E-state index contributed by atoms with van der Waals surface area (Å²) in [4.78, 5) is 25.5. The zero-order valence-corrected chi connectivity index (χ0v) is 43.2. The summed E-state index contributed by atoms with van der Waals surface area (Å²) in [6.07, 6.45) is 45.5. The molecule has 66 heavy (non-hydrogen) atoms. The van der Waals surface area contributed by atoms with Crippen molar-refractivity contribution in [2.24, 2.45) is 0 Å². The normalized spacial score (nSPS) is 19.0. The third kappa shape index (κ3) is 37.6. The minimum atomic E-state index is -1.59. The van der Waals surface area contributed by atoms with Crippen molar-refractivity contribution in [2.75, 3.05) is 19.8 Å². The van der Waals surface area contributed by atoms with Gasteiger partial charge in [-0.05, 0) is 12.8 Å². The molecule has 6 unspecified atom stereocenters. The molecule has 0 saturated carbocycles. The van der Waals surface area contributed by atoms with E-state index in [0.29, 0.717) is 6.42 Å². The number of aliphatic hydroxyl groups excluding tert-OH is 4. The molecule has 6 atom stereocenters. The summed E-state index contributed by atoms with van der Waals surface area (Å²) in [5.41, 5.74) is 0. The second-order valence-electron chi connectivity index (χ2n) is 20.1. The maximum atomic E-state index is 12.9. The molecule has 4 N–H and O–H groups in total.